The Morgan fingerprint density at radius 2 is 1.22 bits per heavy atom. The van der Waals surface area contributed by atoms with Crippen LogP contribution < -0.4 is 74.2 Å². The molecule has 0 saturated heterocycles. The number of hydrogen-bond donors (Lipinski definition) is 1. The zero-order chi connectivity index (χ0) is 18.8. The molecular weight excluding hydrogens is 387 g/mol. The van der Waals surface area contributed by atoms with Crippen LogP contribution in [-0.2, 0) is 13.9 Å². The molecule has 0 aromatic rings. The number of carbonyl (C=O) groups is 1. The molecule has 150 valence electrons. The number of phosphoric acid groups is 1. The molecule has 0 atom stereocenters. The van der Waals surface area contributed by atoms with Crippen molar-refractivity contribution in [3.63, 3.8) is 0 Å². The summed E-state index contributed by atoms with van der Waals surface area (Å²) in [6.07, 6.45) is 16.8. The van der Waals surface area contributed by atoms with Gasteiger partial charge in [-0.3, -0.25) is 4.79 Å². The van der Waals surface area contributed by atoms with Crippen molar-refractivity contribution in [2.45, 2.75) is 96.8 Å². The quantitative estimate of drug-likeness (QED) is 0.148. The number of unbranched alkanes of at least 4 members (excludes halogenated alkanes) is 12. The maximum Gasteiger partial charge on any atom is 1.00 e. The maximum absolute atomic E-state index is 11.5. The van der Waals surface area contributed by atoms with Gasteiger partial charge < -0.3 is 24.2 Å². The molecule has 0 aliphatic heterocycles. The molecule has 0 spiro atoms. The third kappa shape index (κ3) is 29.9. The summed E-state index contributed by atoms with van der Waals surface area (Å²) in [6, 6.07) is 0. The topological polar surface area (TPSA) is 102 Å². The number of rotatable bonds is 18. The van der Waals surface area contributed by atoms with Gasteiger partial charge in [0.1, 0.15) is 0 Å². The van der Waals surface area contributed by atoms with Gasteiger partial charge in [0.05, 0.1) is 14.4 Å². The molecule has 9 heteroatoms. The minimum atomic E-state index is -4.93. The third-order valence-electron chi connectivity index (χ3n) is 4.18. The molecule has 0 aliphatic rings. The van der Waals surface area contributed by atoms with Crippen LogP contribution in [-0.4, -0.2) is 19.1 Å². The Morgan fingerprint density at radius 1 is 0.815 bits per heavy atom. The second kappa shape index (κ2) is 23.9. The van der Waals surface area contributed by atoms with Crippen molar-refractivity contribution in [1.29, 1.82) is 0 Å². The van der Waals surface area contributed by atoms with E-state index in [1.807, 2.05) is 0 Å². The van der Waals surface area contributed by atoms with Crippen LogP contribution in [0, 0.1) is 0 Å². The van der Waals surface area contributed by atoms with E-state index in [-0.39, 0.29) is 78.2 Å². The van der Waals surface area contributed by atoms with Crippen LogP contribution in [0.2, 0.25) is 0 Å². The summed E-state index contributed by atoms with van der Waals surface area (Å²) in [5, 5.41) is 2.54. The Morgan fingerprint density at radius 3 is 1.63 bits per heavy atom. The van der Waals surface area contributed by atoms with Crippen molar-refractivity contribution in [3.8, 4) is 0 Å². The molecule has 0 unspecified atom stereocenters. The smallest absolute Gasteiger partial charge is 0.790 e. The normalized spacial score (nSPS) is 10.8. The van der Waals surface area contributed by atoms with Crippen LogP contribution in [0.3, 0.4) is 0 Å². The van der Waals surface area contributed by atoms with E-state index in [1.54, 1.807) is 0 Å². The predicted molar refractivity (Wildman–Crippen MR) is 96.9 cm³/mol. The Hall–Kier alpha value is 1.58. The first-order valence-electron chi connectivity index (χ1n) is 9.89. The molecule has 6 nitrogen and oxygen atoms in total. The number of carbonyl (C=O) groups excluding carboxylic acids is 1. The van der Waals surface area contributed by atoms with Crippen molar-refractivity contribution < 1.29 is 82.8 Å². The fraction of sp³-hybridized carbons (Fsp3) is 0.944. The zero-order valence-corrected chi connectivity index (χ0v) is 22.7. The van der Waals surface area contributed by atoms with Gasteiger partial charge in [0, 0.05) is 13.0 Å². The molecule has 0 aromatic heterocycles. The van der Waals surface area contributed by atoms with Crippen molar-refractivity contribution in [3.05, 3.63) is 0 Å². The van der Waals surface area contributed by atoms with E-state index >= 15 is 0 Å². The summed E-state index contributed by atoms with van der Waals surface area (Å²) in [6.45, 7) is 1.99. The number of nitrogens with one attached hydrogen (secondary N) is 1. The molecule has 1 N–H and O–H groups in total. The SMILES string of the molecule is CCCCCCCCCCCCCCCC(=O)NCCOP(=O)([O-])[O-].[Na+].[Na+]. The van der Waals surface area contributed by atoms with E-state index in [1.165, 1.54) is 64.2 Å². The molecule has 1 amide bonds. The molecule has 0 heterocycles. The van der Waals surface area contributed by atoms with Gasteiger partial charge in [0.2, 0.25) is 5.91 Å². The van der Waals surface area contributed by atoms with Gasteiger partial charge in [-0.05, 0) is 6.42 Å². The van der Waals surface area contributed by atoms with Gasteiger partial charge in [0.25, 0.3) is 0 Å². The Balaban J connectivity index is -0.00000288. The summed E-state index contributed by atoms with van der Waals surface area (Å²) in [5.74, 6) is -0.127. The molecule has 0 saturated carbocycles. The maximum atomic E-state index is 11.5. The summed E-state index contributed by atoms with van der Waals surface area (Å²) in [4.78, 5) is 31.9. The van der Waals surface area contributed by atoms with Crippen molar-refractivity contribution in [2.75, 3.05) is 13.2 Å². The summed E-state index contributed by atoms with van der Waals surface area (Å²) in [7, 11) is -4.93. The monoisotopic (exact) mass is 423 g/mol. The second-order valence-corrected chi connectivity index (χ2v) is 7.78. The average Bonchev–Trinajstić information content (AvgIpc) is 2.55. The van der Waals surface area contributed by atoms with E-state index in [2.05, 4.69) is 16.8 Å². The Bertz CT molecular complexity index is 370. The van der Waals surface area contributed by atoms with E-state index in [4.69, 9.17) is 0 Å². The first kappa shape index (κ1) is 33.2. The fourth-order valence-corrected chi connectivity index (χ4v) is 3.05. The molecule has 0 radical (unpaired) electrons. The fourth-order valence-electron chi connectivity index (χ4n) is 2.74. The Labute approximate surface area is 210 Å². The van der Waals surface area contributed by atoms with Gasteiger partial charge in [-0.2, -0.15) is 0 Å². The van der Waals surface area contributed by atoms with Crippen molar-refractivity contribution in [2.24, 2.45) is 0 Å². The van der Waals surface area contributed by atoms with Gasteiger partial charge in [-0.1, -0.05) is 84.0 Å². The molecule has 0 rings (SSSR count). The van der Waals surface area contributed by atoms with Crippen molar-refractivity contribution >= 4 is 13.7 Å². The number of hydrogen-bond acceptors (Lipinski definition) is 5. The largest absolute Gasteiger partial charge is 1.00 e. The van der Waals surface area contributed by atoms with Gasteiger partial charge >= 0.3 is 59.1 Å². The van der Waals surface area contributed by atoms with E-state index in [0.29, 0.717) is 6.42 Å². The summed E-state index contributed by atoms with van der Waals surface area (Å²) in [5.41, 5.74) is 0. The van der Waals surface area contributed by atoms with Gasteiger partial charge in [-0.15, -0.1) is 0 Å². The molecule has 0 aromatic carbocycles. The van der Waals surface area contributed by atoms with Gasteiger partial charge in [0.15, 0.2) is 0 Å². The zero-order valence-electron chi connectivity index (χ0n) is 17.8. The average molecular weight is 423 g/mol. The van der Waals surface area contributed by atoms with Crippen LogP contribution in [0.4, 0.5) is 0 Å². The minimum Gasteiger partial charge on any atom is -0.790 e. The van der Waals surface area contributed by atoms with Crippen LogP contribution in [0.15, 0.2) is 0 Å². The second-order valence-electron chi connectivity index (χ2n) is 6.62. The standard InChI is InChI=1S/C18H38NO5P.2Na/c1-2-3-4-5-6-7-8-9-10-11-12-13-14-15-18(20)19-16-17-24-25(21,22)23;;/h2-17H2,1H3,(H,19,20)(H2,21,22,23);;/q;2*+1/p-2. The molecular formula is C18H36NNa2O5P. The first-order chi connectivity index (χ1) is 12.0. The predicted octanol–water partition coefficient (Wildman–Crippen LogP) is -2.56. The van der Waals surface area contributed by atoms with Crippen LogP contribution in [0.5, 0.6) is 0 Å². The first-order valence-corrected chi connectivity index (χ1v) is 11.3. The van der Waals surface area contributed by atoms with Crippen LogP contribution in [0.25, 0.3) is 0 Å². The molecule has 27 heavy (non-hydrogen) atoms. The summed E-state index contributed by atoms with van der Waals surface area (Å²) >= 11 is 0. The van der Waals surface area contributed by atoms with E-state index < -0.39 is 7.82 Å². The Kier molecular flexibility index (Phi) is 29.4. The third-order valence-corrected chi connectivity index (χ3v) is 4.68. The van der Waals surface area contributed by atoms with Crippen LogP contribution in [0.1, 0.15) is 96.8 Å². The van der Waals surface area contributed by atoms with E-state index in [0.717, 1.165) is 19.3 Å². The van der Waals surface area contributed by atoms with E-state index in [9.17, 15) is 19.1 Å². The van der Waals surface area contributed by atoms with Gasteiger partial charge in [-0.25, -0.2) is 0 Å². The van der Waals surface area contributed by atoms with Crippen LogP contribution >= 0.6 is 7.82 Å². The number of amides is 1. The molecule has 0 bridgehead atoms. The molecule has 0 fully saturated rings. The minimum absolute atomic E-state index is 0. The molecule has 0 aliphatic carbocycles. The van der Waals surface area contributed by atoms with Crippen molar-refractivity contribution in [1.82, 2.24) is 5.32 Å². The summed E-state index contributed by atoms with van der Waals surface area (Å²) < 4.78 is 14.3. The number of phosphoric ester groups is 1.